The maximum atomic E-state index is 13.8. The first-order valence-corrected chi connectivity index (χ1v) is 12.5. The molecule has 1 saturated heterocycles. The number of rotatable bonds is 7. The molecule has 4 rings (SSSR count). The Balaban J connectivity index is 1.74. The van der Waals surface area contributed by atoms with Crippen LogP contribution in [0.15, 0.2) is 41.0 Å². The van der Waals surface area contributed by atoms with Crippen LogP contribution >= 0.6 is 0 Å². The zero-order valence-electron chi connectivity index (χ0n) is 22.9. The molecule has 1 aliphatic heterocycles. The molecule has 2 aromatic heterocycles. The monoisotopic (exact) mass is 577 g/mol. The van der Waals surface area contributed by atoms with Crippen molar-refractivity contribution in [2.45, 2.75) is 38.2 Å². The van der Waals surface area contributed by atoms with Crippen LogP contribution in [0.1, 0.15) is 35.8 Å². The molecule has 220 valence electrons. The van der Waals surface area contributed by atoms with Gasteiger partial charge >= 0.3 is 6.18 Å². The van der Waals surface area contributed by atoms with E-state index in [9.17, 15) is 27.9 Å². The number of methoxy groups -OCH3 is 2. The van der Waals surface area contributed by atoms with Crippen LogP contribution in [-0.4, -0.2) is 82.2 Å². The molecule has 1 atom stereocenters. The molecule has 0 aliphatic carbocycles. The Bertz CT molecular complexity index is 1500. The van der Waals surface area contributed by atoms with Gasteiger partial charge in [-0.3, -0.25) is 9.59 Å². The molecule has 1 aliphatic rings. The number of pyridine rings is 1. The Morgan fingerprint density at radius 3 is 2.46 bits per heavy atom. The molecule has 11 nitrogen and oxygen atoms in total. The summed E-state index contributed by atoms with van der Waals surface area (Å²) in [6, 6.07) is 4.25. The van der Waals surface area contributed by atoms with Gasteiger partial charge in [0.2, 0.25) is 5.89 Å². The van der Waals surface area contributed by atoms with Crippen LogP contribution in [0.25, 0.3) is 22.4 Å². The number of amides is 2. The summed E-state index contributed by atoms with van der Waals surface area (Å²) in [5.74, 6) is -0.784. The van der Waals surface area contributed by atoms with E-state index in [1.165, 1.54) is 56.1 Å². The molecular formula is C27H30F3N5O6. The number of carbonyl (C=O) groups excluding carboxylic acids is 2. The smallest absolute Gasteiger partial charge is 0.433 e. The zero-order chi connectivity index (χ0) is 30.3. The number of aromatic nitrogens is 2. The Morgan fingerprint density at radius 2 is 1.88 bits per heavy atom. The lowest BCUT2D eigenvalue weighted by Gasteiger charge is -2.42. The number of oxazole rings is 1. The van der Waals surface area contributed by atoms with Crippen molar-refractivity contribution in [2.75, 3.05) is 33.9 Å². The van der Waals surface area contributed by atoms with E-state index in [0.717, 1.165) is 6.07 Å². The number of nitrogens with two attached hydrogens (primary N) is 1. The highest BCUT2D eigenvalue weighted by Gasteiger charge is 2.40. The Labute approximate surface area is 233 Å². The fraction of sp³-hybridized carbons (Fsp3) is 0.407. The highest BCUT2D eigenvalue weighted by molar-refractivity contribution is 5.98. The number of carbonyl (C=O) groups is 2. The van der Waals surface area contributed by atoms with Gasteiger partial charge in [-0.2, -0.15) is 13.2 Å². The second-order valence-electron chi connectivity index (χ2n) is 9.90. The minimum Gasteiger partial charge on any atom is -0.499 e. The highest BCUT2D eigenvalue weighted by Crippen LogP contribution is 2.37. The molecule has 2 amide bonds. The van der Waals surface area contributed by atoms with Gasteiger partial charge in [0.25, 0.3) is 11.8 Å². The molecule has 1 aromatic carbocycles. The van der Waals surface area contributed by atoms with Crippen molar-refractivity contribution in [1.82, 2.24) is 19.8 Å². The number of hydrogen-bond donors (Lipinski definition) is 2. The van der Waals surface area contributed by atoms with Crippen LogP contribution in [0.3, 0.4) is 0 Å². The number of halogens is 3. The van der Waals surface area contributed by atoms with E-state index in [1.54, 1.807) is 0 Å². The first-order chi connectivity index (χ1) is 19.2. The molecule has 0 bridgehead atoms. The van der Waals surface area contributed by atoms with E-state index in [-0.39, 0.29) is 71.5 Å². The van der Waals surface area contributed by atoms with Crippen molar-refractivity contribution in [3.63, 3.8) is 0 Å². The molecule has 14 heteroatoms. The summed E-state index contributed by atoms with van der Waals surface area (Å²) < 4.78 is 56.4. The molecule has 3 heterocycles. The molecule has 3 aromatic rings. The van der Waals surface area contributed by atoms with E-state index in [2.05, 4.69) is 16.5 Å². The molecule has 0 saturated carbocycles. The number of aliphatic hydroxyl groups is 1. The predicted molar refractivity (Wildman–Crippen MR) is 141 cm³/mol. The van der Waals surface area contributed by atoms with Crippen molar-refractivity contribution in [1.29, 1.82) is 0 Å². The van der Waals surface area contributed by atoms with Gasteiger partial charge in [0, 0.05) is 30.6 Å². The van der Waals surface area contributed by atoms with Gasteiger partial charge in [0.05, 0.1) is 20.8 Å². The standard InChI is InChI=1S/C27H30F3N5O6/c1-14(39-4)17-13-34(25(37)26(2,3)38)10-11-35(17)24(36)22-19(12-31)41-23(33-22)16-6-8-18(40-5)21-15(16)7-9-20(32-21)27(28,29)30/h6-9,17,38H,1,10-13,31H2,2-5H3. The van der Waals surface area contributed by atoms with Gasteiger partial charge < -0.3 is 34.5 Å². The normalized spacial score (nSPS) is 16.2. The second kappa shape index (κ2) is 11.0. The fourth-order valence-electron chi connectivity index (χ4n) is 4.62. The van der Waals surface area contributed by atoms with Crippen LogP contribution in [-0.2, 0) is 22.3 Å². The van der Waals surface area contributed by atoms with Gasteiger partial charge in [0.15, 0.2) is 11.5 Å². The summed E-state index contributed by atoms with van der Waals surface area (Å²) in [5, 5.41) is 10.4. The lowest BCUT2D eigenvalue weighted by atomic mass is 10.0. The van der Waals surface area contributed by atoms with E-state index in [0.29, 0.717) is 0 Å². The quantitative estimate of drug-likeness (QED) is 0.405. The Kier molecular flexibility index (Phi) is 8.00. The zero-order valence-corrected chi connectivity index (χ0v) is 22.9. The summed E-state index contributed by atoms with van der Waals surface area (Å²) in [4.78, 5) is 37.5. The van der Waals surface area contributed by atoms with E-state index >= 15 is 0 Å². The number of nitrogens with zero attached hydrogens (tertiary/aromatic N) is 4. The summed E-state index contributed by atoms with van der Waals surface area (Å²) >= 11 is 0. The summed E-state index contributed by atoms with van der Waals surface area (Å²) in [6.07, 6.45) is -4.67. The lowest BCUT2D eigenvalue weighted by Crippen LogP contribution is -2.60. The fourth-order valence-corrected chi connectivity index (χ4v) is 4.62. The Morgan fingerprint density at radius 1 is 1.17 bits per heavy atom. The second-order valence-corrected chi connectivity index (χ2v) is 9.90. The Hall–Kier alpha value is -4.17. The molecule has 1 fully saturated rings. The topological polar surface area (TPSA) is 144 Å². The number of piperazine rings is 1. The van der Waals surface area contributed by atoms with Crippen LogP contribution < -0.4 is 10.5 Å². The van der Waals surface area contributed by atoms with Crippen molar-refractivity contribution >= 4 is 22.7 Å². The van der Waals surface area contributed by atoms with Crippen molar-refractivity contribution < 1.29 is 41.8 Å². The number of benzene rings is 1. The molecule has 41 heavy (non-hydrogen) atoms. The lowest BCUT2D eigenvalue weighted by molar-refractivity contribution is -0.150. The third-order valence-electron chi connectivity index (χ3n) is 6.73. The van der Waals surface area contributed by atoms with Crippen LogP contribution in [0.2, 0.25) is 0 Å². The minimum atomic E-state index is -4.67. The average molecular weight is 578 g/mol. The first kappa shape index (κ1) is 29.8. The molecule has 1 unspecified atom stereocenters. The average Bonchev–Trinajstić information content (AvgIpc) is 3.38. The molecule has 3 N–H and O–H groups in total. The maximum absolute atomic E-state index is 13.8. The van der Waals surface area contributed by atoms with Gasteiger partial charge in [-0.25, -0.2) is 9.97 Å². The third-order valence-corrected chi connectivity index (χ3v) is 6.73. The molecule has 0 radical (unpaired) electrons. The molecular weight excluding hydrogens is 547 g/mol. The molecule has 0 spiro atoms. The van der Waals surface area contributed by atoms with E-state index < -0.39 is 35.3 Å². The predicted octanol–water partition coefficient (Wildman–Crippen LogP) is 2.96. The summed E-state index contributed by atoms with van der Waals surface area (Å²) in [6.45, 7) is 6.62. The maximum Gasteiger partial charge on any atom is 0.433 e. The summed E-state index contributed by atoms with van der Waals surface area (Å²) in [5.41, 5.74) is 3.26. The van der Waals surface area contributed by atoms with Gasteiger partial charge in [-0.15, -0.1) is 0 Å². The first-order valence-electron chi connectivity index (χ1n) is 12.5. The van der Waals surface area contributed by atoms with Crippen molar-refractivity contribution in [2.24, 2.45) is 5.73 Å². The number of fused-ring (bicyclic) bond motifs is 1. The van der Waals surface area contributed by atoms with Crippen molar-refractivity contribution in [3.05, 3.63) is 53.8 Å². The van der Waals surface area contributed by atoms with E-state index in [4.69, 9.17) is 19.6 Å². The third kappa shape index (κ3) is 5.70. The van der Waals surface area contributed by atoms with Gasteiger partial charge in [-0.1, -0.05) is 6.58 Å². The minimum absolute atomic E-state index is 0.0141. The number of ether oxygens (including phenoxy) is 2. The van der Waals surface area contributed by atoms with Gasteiger partial charge in [-0.05, 0) is 38.1 Å². The largest absolute Gasteiger partial charge is 0.499 e. The van der Waals surface area contributed by atoms with E-state index in [1.807, 2.05) is 0 Å². The van der Waals surface area contributed by atoms with Crippen LogP contribution in [0.5, 0.6) is 5.75 Å². The van der Waals surface area contributed by atoms with Gasteiger partial charge in [0.1, 0.15) is 34.4 Å². The van der Waals surface area contributed by atoms with Crippen molar-refractivity contribution in [3.8, 4) is 17.2 Å². The number of hydrogen-bond acceptors (Lipinski definition) is 9. The SMILES string of the molecule is C=C(OC)C1CN(C(=O)C(C)(C)O)CCN1C(=O)c1nc(-c2ccc(OC)c3nc(C(F)(F)F)ccc23)oc1CN. The number of alkyl halides is 3. The van der Waals surface area contributed by atoms with Crippen LogP contribution in [0.4, 0.5) is 13.2 Å². The van der Waals surface area contributed by atoms with Crippen LogP contribution in [0, 0.1) is 0 Å². The summed E-state index contributed by atoms with van der Waals surface area (Å²) in [7, 11) is 2.69. The highest BCUT2D eigenvalue weighted by atomic mass is 19.4.